The number of anilines is 2. The Labute approximate surface area is 285 Å². The third-order valence-electron chi connectivity index (χ3n) is 6.99. The highest BCUT2D eigenvalue weighted by Gasteiger charge is 2.16. The predicted octanol–water partition coefficient (Wildman–Crippen LogP) is 8.02. The molecule has 3 N–H and O–H groups in total. The molecule has 0 fully saturated rings. The molecular weight excluding hydrogens is 641 g/mol. The van der Waals surface area contributed by atoms with E-state index in [-0.39, 0.29) is 17.4 Å². The lowest BCUT2D eigenvalue weighted by molar-refractivity contribution is -0.114. The molecule has 0 aliphatic heterocycles. The van der Waals surface area contributed by atoms with Crippen molar-refractivity contribution in [1.29, 1.82) is 0 Å². The number of amides is 3. The maximum atomic E-state index is 13.5. The summed E-state index contributed by atoms with van der Waals surface area (Å²) in [7, 11) is 0. The van der Waals surface area contributed by atoms with Gasteiger partial charge in [-0.25, -0.2) is 4.98 Å². The van der Waals surface area contributed by atoms with Crippen LogP contribution in [0, 0.1) is 0 Å². The van der Waals surface area contributed by atoms with Gasteiger partial charge in [-0.05, 0) is 77.9 Å². The summed E-state index contributed by atoms with van der Waals surface area (Å²) >= 11 is 2.81. The molecule has 0 saturated carbocycles. The summed E-state index contributed by atoms with van der Waals surface area (Å²) in [6.45, 7) is 0.436. The first-order valence-electron chi connectivity index (χ1n) is 15.0. The molecule has 0 unspecified atom stereocenters. The second kappa shape index (κ2) is 15.7. The minimum absolute atomic E-state index is 0.0757. The summed E-state index contributed by atoms with van der Waals surface area (Å²) in [5.41, 5.74) is 3.65. The SMILES string of the molecule is O=C(CSc1ccc(NC(=O)/C(=C/c2ccc(OCc3ccccc3)cc2)NC(=O)c2ccccc2)cc1)Nc1nc2ccccc2s1. The van der Waals surface area contributed by atoms with Gasteiger partial charge in [0.1, 0.15) is 18.1 Å². The number of carbonyl (C=O) groups excluding carboxylic acids is 3. The average molecular weight is 671 g/mol. The molecule has 0 aliphatic carbocycles. The van der Waals surface area contributed by atoms with Crippen molar-refractivity contribution in [3.05, 3.63) is 156 Å². The second-order valence-corrected chi connectivity index (χ2v) is 12.6. The van der Waals surface area contributed by atoms with E-state index in [0.717, 1.165) is 20.7 Å². The zero-order valence-corrected chi connectivity index (χ0v) is 27.2. The highest BCUT2D eigenvalue weighted by molar-refractivity contribution is 8.00. The van der Waals surface area contributed by atoms with E-state index < -0.39 is 11.8 Å². The lowest BCUT2D eigenvalue weighted by atomic mass is 10.1. The zero-order valence-electron chi connectivity index (χ0n) is 25.6. The third-order valence-corrected chi connectivity index (χ3v) is 8.95. The van der Waals surface area contributed by atoms with Crippen LogP contribution in [0.4, 0.5) is 10.8 Å². The Morgan fingerprint density at radius 3 is 2.17 bits per heavy atom. The fraction of sp³-hybridized carbons (Fsp3) is 0.0526. The smallest absolute Gasteiger partial charge is 0.272 e. The largest absolute Gasteiger partial charge is 0.489 e. The van der Waals surface area contributed by atoms with E-state index in [2.05, 4.69) is 20.9 Å². The number of aromatic nitrogens is 1. The number of hydrogen-bond acceptors (Lipinski definition) is 7. The van der Waals surface area contributed by atoms with Crippen molar-refractivity contribution < 1.29 is 19.1 Å². The first kappa shape index (κ1) is 32.2. The number of thiazole rings is 1. The van der Waals surface area contributed by atoms with E-state index in [4.69, 9.17) is 4.74 Å². The monoisotopic (exact) mass is 670 g/mol. The summed E-state index contributed by atoms with van der Waals surface area (Å²) in [6.07, 6.45) is 1.62. The number of nitrogens with zero attached hydrogens (tertiary/aromatic N) is 1. The molecule has 238 valence electrons. The molecule has 0 atom stereocenters. The molecule has 6 aromatic rings. The second-order valence-electron chi connectivity index (χ2n) is 10.5. The number of ether oxygens (including phenoxy) is 1. The number of thioether (sulfide) groups is 1. The average Bonchev–Trinajstić information content (AvgIpc) is 3.54. The quantitative estimate of drug-likeness (QED) is 0.0899. The fourth-order valence-corrected chi connectivity index (χ4v) is 6.15. The van der Waals surface area contributed by atoms with Crippen molar-refractivity contribution in [2.24, 2.45) is 0 Å². The minimum Gasteiger partial charge on any atom is -0.489 e. The molecule has 5 aromatic carbocycles. The van der Waals surface area contributed by atoms with E-state index in [1.54, 1.807) is 42.5 Å². The standard InChI is InChI=1S/C38H30N4O4S2/c43-35(42-38-41-32-13-7-8-14-34(32)48-38)25-47-31-21-17-29(18-22-31)39-37(45)33(40-36(44)28-11-5-2-6-12-28)23-26-15-19-30(20-16-26)46-24-27-9-3-1-4-10-27/h1-23H,24-25H2,(H,39,45)(H,40,44)(H,41,42,43)/b33-23-. The van der Waals surface area contributed by atoms with Crippen LogP contribution in [0.2, 0.25) is 0 Å². The maximum absolute atomic E-state index is 13.5. The predicted molar refractivity (Wildman–Crippen MR) is 193 cm³/mol. The van der Waals surface area contributed by atoms with Gasteiger partial charge in [-0.2, -0.15) is 0 Å². The van der Waals surface area contributed by atoms with Crippen molar-refractivity contribution in [1.82, 2.24) is 10.3 Å². The van der Waals surface area contributed by atoms with Gasteiger partial charge in [0.2, 0.25) is 5.91 Å². The molecule has 10 heteroatoms. The van der Waals surface area contributed by atoms with Crippen molar-refractivity contribution in [2.75, 3.05) is 16.4 Å². The fourth-order valence-electron chi connectivity index (χ4n) is 4.57. The molecule has 3 amide bonds. The molecule has 6 rings (SSSR count). The molecule has 0 bridgehead atoms. The topological polar surface area (TPSA) is 109 Å². The summed E-state index contributed by atoms with van der Waals surface area (Å²) in [5.74, 6) is -0.162. The van der Waals surface area contributed by atoms with Crippen LogP contribution < -0.4 is 20.7 Å². The van der Waals surface area contributed by atoms with E-state index in [1.807, 2.05) is 97.1 Å². The zero-order chi connectivity index (χ0) is 33.1. The summed E-state index contributed by atoms with van der Waals surface area (Å²) in [5, 5.41) is 9.05. The van der Waals surface area contributed by atoms with E-state index in [9.17, 15) is 14.4 Å². The van der Waals surface area contributed by atoms with Crippen molar-refractivity contribution in [3.63, 3.8) is 0 Å². The van der Waals surface area contributed by atoms with Crippen LogP contribution in [0.5, 0.6) is 5.75 Å². The van der Waals surface area contributed by atoms with Gasteiger partial charge >= 0.3 is 0 Å². The van der Waals surface area contributed by atoms with Gasteiger partial charge in [0.15, 0.2) is 5.13 Å². The van der Waals surface area contributed by atoms with Crippen molar-refractivity contribution >= 4 is 67.9 Å². The molecular formula is C38H30N4O4S2. The number of rotatable bonds is 12. The number of benzene rings is 5. The number of hydrogen-bond donors (Lipinski definition) is 3. The number of carbonyl (C=O) groups is 3. The molecule has 0 aliphatic rings. The lowest BCUT2D eigenvalue weighted by Gasteiger charge is -2.12. The van der Waals surface area contributed by atoms with Gasteiger partial charge in [0.05, 0.1) is 16.0 Å². The normalized spacial score (nSPS) is 11.1. The van der Waals surface area contributed by atoms with Crippen molar-refractivity contribution in [3.8, 4) is 5.75 Å². The summed E-state index contributed by atoms with van der Waals surface area (Å²) in [4.78, 5) is 44.3. The van der Waals surface area contributed by atoms with Crippen LogP contribution in [0.3, 0.4) is 0 Å². The Balaban J connectivity index is 1.08. The van der Waals surface area contributed by atoms with Gasteiger partial charge in [-0.1, -0.05) is 84.1 Å². The van der Waals surface area contributed by atoms with Crippen molar-refractivity contribution in [2.45, 2.75) is 11.5 Å². The van der Waals surface area contributed by atoms with Crippen LogP contribution in [-0.4, -0.2) is 28.5 Å². The Hall–Kier alpha value is -5.71. The Morgan fingerprint density at radius 1 is 0.750 bits per heavy atom. The lowest BCUT2D eigenvalue weighted by Crippen LogP contribution is -2.30. The highest BCUT2D eigenvalue weighted by atomic mass is 32.2. The Morgan fingerprint density at radius 2 is 1.44 bits per heavy atom. The van der Waals surface area contributed by atoms with Crippen LogP contribution in [0.15, 0.2) is 144 Å². The number of fused-ring (bicyclic) bond motifs is 1. The van der Waals surface area contributed by atoms with Gasteiger partial charge in [-0.15, -0.1) is 11.8 Å². The van der Waals surface area contributed by atoms with E-state index in [0.29, 0.717) is 34.3 Å². The number of nitrogens with one attached hydrogen (secondary N) is 3. The molecule has 8 nitrogen and oxygen atoms in total. The van der Waals surface area contributed by atoms with Gasteiger partial charge in [0.25, 0.3) is 11.8 Å². The molecule has 0 saturated heterocycles. The minimum atomic E-state index is -0.487. The molecule has 0 spiro atoms. The number of para-hydroxylation sites is 1. The Bertz CT molecular complexity index is 2010. The van der Waals surface area contributed by atoms with Crippen LogP contribution >= 0.6 is 23.1 Å². The van der Waals surface area contributed by atoms with Crippen LogP contribution in [-0.2, 0) is 16.2 Å². The van der Waals surface area contributed by atoms with Crippen LogP contribution in [0.1, 0.15) is 21.5 Å². The highest BCUT2D eigenvalue weighted by Crippen LogP contribution is 2.26. The first-order valence-corrected chi connectivity index (χ1v) is 16.8. The summed E-state index contributed by atoms with van der Waals surface area (Å²) < 4.78 is 6.89. The van der Waals surface area contributed by atoms with Gasteiger partial charge < -0.3 is 20.7 Å². The molecule has 1 heterocycles. The summed E-state index contributed by atoms with van der Waals surface area (Å²) in [6, 6.07) is 40.7. The molecule has 0 radical (unpaired) electrons. The van der Waals surface area contributed by atoms with E-state index in [1.165, 1.54) is 23.1 Å². The van der Waals surface area contributed by atoms with E-state index >= 15 is 0 Å². The van der Waals surface area contributed by atoms with Gasteiger partial charge in [-0.3, -0.25) is 14.4 Å². The first-order chi connectivity index (χ1) is 23.5. The molecule has 48 heavy (non-hydrogen) atoms. The third kappa shape index (κ3) is 8.97. The van der Waals surface area contributed by atoms with Gasteiger partial charge in [0, 0.05) is 16.1 Å². The molecule has 1 aromatic heterocycles. The Kier molecular flexibility index (Phi) is 10.6. The maximum Gasteiger partial charge on any atom is 0.272 e. The van der Waals surface area contributed by atoms with Crippen LogP contribution in [0.25, 0.3) is 16.3 Å².